The number of carbonyl (C=O) groups excluding carboxylic acids is 2. The fourth-order valence-electron chi connectivity index (χ4n) is 8.07. The van der Waals surface area contributed by atoms with E-state index in [9.17, 15) is 10.2 Å². The molecule has 6 aromatic rings. The van der Waals surface area contributed by atoms with Gasteiger partial charge in [-0.05, 0) is 125 Å². The smallest absolute Gasteiger partial charge is 0.113 e. The van der Waals surface area contributed by atoms with Crippen LogP contribution in [0.4, 0.5) is 0 Å². The third kappa shape index (κ3) is 12.5. The molecule has 0 saturated heterocycles. The lowest BCUT2D eigenvalue weighted by atomic mass is 10.2. The zero-order chi connectivity index (χ0) is 44.3. The van der Waals surface area contributed by atoms with Crippen LogP contribution in [0.1, 0.15) is 60.1 Å². The van der Waals surface area contributed by atoms with Crippen molar-refractivity contribution in [2.24, 2.45) is 0 Å². The van der Waals surface area contributed by atoms with E-state index >= 15 is 0 Å². The topological polar surface area (TPSA) is 121 Å². The Hall–Kier alpha value is -4.96. The van der Waals surface area contributed by atoms with Crippen LogP contribution in [-0.4, -0.2) is 47.7 Å². The number of benzene rings is 6. The second kappa shape index (κ2) is 24.3. The monoisotopic (exact) mass is 844 g/mol. The van der Waals surface area contributed by atoms with E-state index in [-0.39, 0.29) is 13.2 Å². The molecule has 8 heteroatoms. The molecule has 0 radical (unpaired) electrons. The van der Waals surface area contributed by atoms with Gasteiger partial charge in [-0.25, -0.2) is 0 Å². The van der Waals surface area contributed by atoms with Gasteiger partial charge in [-0.1, -0.05) is 109 Å². The molecule has 316 valence electrons. The minimum absolute atomic E-state index is 0.228. The number of aryl methyl sites for hydroxylation is 6. The van der Waals surface area contributed by atoms with Crippen molar-refractivity contribution in [1.82, 2.24) is 0 Å². The van der Waals surface area contributed by atoms with Gasteiger partial charge >= 0.3 is 0 Å². The summed E-state index contributed by atoms with van der Waals surface area (Å²) in [7, 11) is -3.69. The summed E-state index contributed by atoms with van der Waals surface area (Å²) in [6.45, 7) is 15.7. The second-order valence-electron chi connectivity index (χ2n) is 14.9. The summed E-state index contributed by atoms with van der Waals surface area (Å²) < 4.78 is 0. The van der Waals surface area contributed by atoms with E-state index in [1.165, 1.54) is 65.2 Å². The molecule has 0 aromatic heterocycles. The summed E-state index contributed by atoms with van der Waals surface area (Å²) in [4.78, 5) is 17.8. The van der Waals surface area contributed by atoms with Crippen molar-refractivity contribution < 1.29 is 30.0 Å². The van der Waals surface area contributed by atoms with Gasteiger partial charge in [0.1, 0.15) is 46.4 Å². The van der Waals surface area contributed by atoms with Crippen LogP contribution in [0.15, 0.2) is 146 Å². The molecule has 0 aliphatic heterocycles. The van der Waals surface area contributed by atoms with Gasteiger partial charge in [-0.3, -0.25) is 0 Å². The zero-order valence-corrected chi connectivity index (χ0v) is 38.3. The van der Waals surface area contributed by atoms with Crippen LogP contribution in [0.2, 0.25) is 0 Å². The molecule has 0 saturated carbocycles. The standard InChI is InChI=1S/2C24H28OP.2C2H4O2/c2*1-19-11-4-7-14-22(19)26(18-10-17-25,23-15-8-5-12-20(23)2)24-16-9-6-13-21(24)3;2*1-2(3)4/h2*4-9,11-16,25H,10,17-18H2,1-3H3;2*1H3,(H,3,4)/q2*+1;;/p-2. The maximum absolute atomic E-state index is 9.70. The molecule has 6 rings (SSSR count). The average Bonchev–Trinajstić information content (AvgIpc) is 3.21. The number of carboxylic acids is 2. The fourth-order valence-corrected chi connectivity index (χ4v) is 18.4. The maximum atomic E-state index is 9.70. The molecule has 2 N–H and O–H groups in total. The fraction of sp³-hybridized carbons (Fsp3) is 0.269. The van der Waals surface area contributed by atoms with E-state index in [4.69, 9.17) is 19.8 Å². The highest BCUT2D eigenvalue weighted by Gasteiger charge is 2.48. The summed E-state index contributed by atoms with van der Waals surface area (Å²) in [6.07, 6.45) is 3.60. The Kier molecular flexibility index (Phi) is 20.0. The normalized spacial score (nSPS) is 10.8. The van der Waals surface area contributed by atoms with Crippen molar-refractivity contribution in [3.8, 4) is 0 Å². The Labute approximate surface area is 359 Å². The first-order valence-electron chi connectivity index (χ1n) is 20.4. The molecule has 60 heavy (non-hydrogen) atoms. The second-order valence-corrected chi connectivity index (χ2v) is 21.9. The Bertz CT molecular complexity index is 1890. The Morgan fingerprint density at radius 2 is 0.533 bits per heavy atom. The van der Waals surface area contributed by atoms with Gasteiger partial charge in [-0.15, -0.1) is 0 Å². The Balaban J connectivity index is 0.000000272. The van der Waals surface area contributed by atoms with Crippen molar-refractivity contribution in [2.75, 3.05) is 25.5 Å². The van der Waals surface area contributed by atoms with Crippen LogP contribution in [0.5, 0.6) is 0 Å². The summed E-state index contributed by atoms with van der Waals surface area (Å²) >= 11 is 0. The van der Waals surface area contributed by atoms with Gasteiger partial charge in [0.15, 0.2) is 0 Å². The van der Waals surface area contributed by atoms with Crippen molar-refractivity contribution >= 4 is 58.3 Å². The van der Waals surface area contributed by atoms with Crippen molar-refractivity contribution in [3.05, 3.63) is 179 Å². The summed E-state index contributed by atoms with van der Waals surface area (Å²) in [5.74, 6) is -2.17. The molecule has 6 nitrogen and oxygen atoms in total. The summed E-state index contributed by atoms with van der Waals surface area (Å²) in [6, 6.07) is 52.8. The number of rotatable bonds is 12. The molecule has 0 fully saturated rings. The highest BCUT2D eigenvalue weighted by atomic mass is 31.2. The number of carboxylic acid groups (broad SMARTS) is 2. The van der Waals surface area contributed by atoms with Gasteiger partial charge in [0.05, 0.1) is 12.3 Å². The van der Waals surface area contributed by atoms with E-state index in [1.54, 1.807) is 0 Å². The van der Waals surface area contributed by atoms with E-state index in [1.807, 2.05) is 0 Å². The highest BCUT2D eigenvalue weighted by Crippen LogP contribution is 2.59. The highest BCUT2D eigenvalue weighted by molar-refractivity contribution is 7.96. The number of carbonyl (C=O) groups is 2. The lowest BCUT2D eigenvalue weighted by Crippen LogP contribution is -2.37. The lowest BCUT2D eigenvalue weighted by Gasteiger charge is -2.31. The minimum atomic E-state index is -1.84. The van der Waals surface area contributed by atoms with E-state index in [0.717, 1.165) is 39.0 Å². The van der Waals surface area contributed by atoms with Crippen LogP contribution in [0.3, 0.4) is 0 Å². The van der Waals surface area contributed by atoms with E-state index < -0.39 is 26.5 Å². The van der Waals surface area contributed by atoms with Crippen LogP contribution in [0.25, 0.3) is 0 Å². The number of aliphatic hydroxyl groups excluding tert-OH is 2. The predicted octanol–water partition coefficient (Wildman–Crippen LogP) is 6.09. The molecule has 0 spiro atoms. The summed E-state index contributed by atoms with van der Waals surface area (Å²) in [5.41, 5.74) is 8.03. The number of aliphatic carboxylic acids is 2. The molecule has 0 bridgehead atoms. The van der Waals surface area contributed by atoms with E-state index in [0.29, 0.717) is 0 Å². The minimum Gasteiger partial charge on any atom is -0.550 e. The Morgan fingerprint density at radius 1 is 0.383 bits per heavy atom. The van der Waals surface area contributed by atoms with Crippen LogP contribution < -0.4 is 42.0 Å². The third-order valence-electron chi connectivity index (χ3n) is 10.5. The maximum Gasteiger partial charge on any atom is 0.113 e. The predicted molar refractivity (Wildman–Crippen MR) is 253 cm³/mol. The molecule has 0 amide bonds. The molecule has 0 unspecified atom stereocenters. The Morgan fingerprint density at radius 3 is 0.667 bits per heavy atom. The van der Waals surface area contributed by atoms with Gasteiger partial charge < -0.3 is 30.0 Å². The van der Waals surface area contributed by atoms with Crippen molar-refractivity contribution in [3.63, 3.8) is 0 Å². The first-order chi connectivity index (χ1) is 28.7. The SMILES string of the molecule is CC(=O)[O-].CC(=O)[O-].Cc1ccccc1[P+](CCCO)(c1ccccc1C)c1ccccc1C.Cc1ccccc1[P+](CCCO)(c1ccccc1C)c1ccccc1C. The molecular weight excluding hydrogens is 783 g/mol. The third-order valence-corrected chi connectivity index (χ3v) is 20.4. The largest absolute Gasteiger partial charge is 0.550 e. The van der Waals surface area contributed by atoms with Crippen molar-refractivity contribution in [2.45, 2.75) is 68.2 Å². The molecule has 0 aliphatic rings. The van der Waals surface area contributed by atoms with Crippen LogP contribution >= 0.6 is 14.5 Å². The molecular formula is C52H62O6P2. The van der Waals surface area contributed by atoms with Gasteiger partial charge in [0, 0.05) is 38.0 Å². The molecule has 0 aliphatic carbocycles. The van der Waals surface area contributed by atoms with Crippen molar-refractivity contribution in [1.29, 1.82) is 0 Å². The van der Waals surface area contributed by atoms with E-state index in [2.05, 4.69) is 187 Å². The number of hydrogen-bond donors (Lipinski definition) is 2. The van der Waals surface area contributed by atoms with Crippen LogP contribution in [-0.2, 0) is 9.59 Å². The lowest BCUT2D eigenvalue weighted by molar-refractivity contribution is -0.303. The first-order valence-corrected chi connectivity index (χ1v) is 24.3. The molecule has 0 heterocycles. The van der Waals surface area contributed by atoms with Gasteiger partial charge in [0.2, 0.25) is 0 Å². The number of aliphatic hydroxyl groups is 2. The van der Waals surface area contributed by atoms with Gasteiger partial charge in [-0.2, -0.15) is 0 Å². The quantitative estimate of drug-likeness (QED) is 0.144. The molecule has 0 atom stereocenters. The van der Waals surface area contributed by atoms with Gasteiger partial charge in [0.25, 0.3) is 0 Å². The average molecular weight is 845 g/mol. The van der Waals surface area contributed by atoms with Crippen LogP contribution in [0, 0.1) is 41.5 Å². The summed E-state index contributed by atoms with van der Waals surface area (Å²) in [5, 5.41) is 45.8. The zero-order valence-electron chi connectivity index (χ0n) is 36.5. The first kappa shape index (κ1) is 49.4. The number of hydrogen-bond acceptors (Lipinski definition) is 6. The molecule has 6 aromatic carbocycles.